The molecule has 7 nitrogen and oxygen atoms in total. The maximum atomic E-state index is 13.0. The average Bonchev–Trinajstić information content (AvgIpc) is 3.48. The lowest BCUT2D eigenvalue weighted by molar-refractivity contribution is -0.140. The molecule has 4 heterocycles. The molecule has 31 heavy (non-hydrogen) atoms. The van der Waals surface area contributed by atoms with E-state index in [2.05, 4.69) is 4.98 Å². The van der Waals surface area contributed by atoms with Crippen LogP contribution < -0.4 is 4.74 Å². The quantitative estimate of drug-likeness (QED) is 0.397. The van der Waals surface area contributed by atoms with Crippen LogP contribution in [0.1, 0.15) is 35.4 Å². The van der Waals surface area contributed by atoms with Gasteiger partial charge in [-0.3, -0.25) is 14.6 Å². The molecule has 1 aromatic carbocycles. The van der Waals surface area contributed by atoms with Gasteiger partial charge >= 0.3 is 0 Å². The molecule has 0 radical (unpaired) electrons. The number of likely N-dealkylation sites (tertiary alicyclic amines) is 1. The molecule has 1 amide bonds. The van der Waals surface area contributed by atoms with E-state index in [9.17, 15) is 14.7 Å². The minimum atomic E-state index is -0.827. The summed E-state index contributed by atoms with van der Waals surface area (Å²) in [6, 6.07) is 11.4. The molecule has 5 rings (SSSR count). The van der Waals surface area contributed by atoms with Crippen LogP contribution in [0, 0.1) is 0 Å². The standard InChI is InChI=1S/C24H20N2O5/c1-14-11-17-12-16(4-5-18(17)31-14)22(27)20-21(19-3-2-10-30-19)26(24(29)23(20)28)13-15-6-8-25-9-7-15/h2-10,12,14,21,27H,11,13H2,1H3. The molecule has 156 valence electrons. The Kier molecular flexibility index (Phi) is 4.58. The van der Waals surface area contributed by atoms with Crippen molar-refractivity contribution in [3.63, 3.8) is 0 Å². The first-order valence-electron chi connectivity index (χ1n) is 10.0. The molecule has 2 aromatic heterocycles. The number of aliphatic hydroxyl groups is 1. The summed E-state index contributed by atoms with van der Waals surface area (Å²) in [6.45, 7) is 2.16. The Hall–Kier alpha value is -3.87. The third-order valence-corrected chi connectivity index (χ3v) is 5.62. The molecule has 0 saturated carbocycles. The van der Waals surface area contributed by atoms with Gasteiger partial charge in [-0.05, 0) is 60.5 Å². The zero-order valence-corrected chi connectivity index (χ0v) is 16.8. The van der Waals surface area contributed by atoms with E-state index in [0.29, 0.717) is 17.7 Å². The molecule has 1 N–H and O–H groups in total. The van der Waals surface area contributed by atoms with Gasteiger partial charge in [-0.2, -0.15) is 0 Å². The number of furan rings is 1. The first kappa shape index (κ1) is 19.1. The Balaban J connectivity index is 1.60. The summed E-state index contributed by atoms with van der Waals surface area (Å²) in [6.07, 6.45) is 5.51. The van der Waals surface area contributed by atoms with E-state index < -0.39 is 17.7 Å². The second kappa shape index (κ2) is 7.43. The van der Waals surface area contributed by atoms with Crippen LogP contribution in [0.5, 0.6) is 5.75 Å². The summed E-state index contributed by atoms with van der Waals surface area (Å²) >= 11 is 0. The van der Waals surface area contributed by atoms with Crippen LogP contribution in [0.15, 0.2) is 71.1 Å². The average molecular weight is 416 g/mol. The Morgan fingerprint density at radius 1 is 1.19 bits per heavy atom. The lowest BCUT2D eigenvalue weighted by Crippen LogP contribution is -2.29. The van der Waals surface area contributed by atoms with Gasteiger partial charge in [0.1, 0.15) is 29.4 Å². The summed E-state index contributed by atoms with van der Waals surface area (Å²) in [7, 11) is 0. The summed E-state index contributed by atoms with van der Waals surface area (Å²) in [4.78, 5) is 31.4. The van der Waals surface area contributed by atoms with Crippen LogP contribution in [0.4, 0.5) is 0 Å². The van der Waals surface area contributed by atoms with Crippen LogP contribution in [0.25, 0.3) is 5.76 Å². The van der Waals surface area contributed by atoms with Crippen LogP contribution >= 0.6 is 0 Å². The van der Waals surface area contributed by atoms with Crippen molar-refractivity contribution >= 4 is 17.4 Å². The van der Waals surface area contributed by atoms with Crippen molar-refractivity contribution in [3.05, 3.63) is 89.1 Å². The second-order valence-corrected chi connectivity index (χ2v) is 7.75. The maximum Gasteiger partial charge on any atom is 0.296 e. The fraction of sp³-hybridized carbons (Fsp3) is 0.208. The van der Waals surface area contributed by atoms with Crippen molar-refractivity contribution in [1.82, 2.24) is 9.88 Å². The van der Waals surface area contributed by atoms with Crippen molar-refractivity contribution in [2.45, 2.75) is 32.0 Å². The lowest BCUT2D eigenvalue weighted by atomic mass is 9.97. The summed E-state index contributed by atoms with van der Waals surface area (Å²) < 4.78 is 11.3. The van der Waals surface area contributed by atoms with Crippen LogP contribution in [-0.2, 0) is 22.6 Å². The number of carbonyl (C=O) groups excluding carboxylic acids is 2. The van der Waals surface area contributed by atoms with Crippen LogP contribution in [0.2, 0.25) is 0 Å². The topological polar surface area (TPSA) is 92.9 Å². The number of ketones is 1. The highest BCUT2D eigenvalue weighted by molar-refractivity contribution is 6.46. The van der Waals surface area contributed by atoms with E-state index in [1.807, 2.05) is 13.0 Å². The monoisotopic (exact) mass is 416 g/mol. The zero-order valence-electron chi connectivity index (χ0n) is 16.8. The van der Waals surface area contributed by atoms with Gasteiger partial charge in [-0.25, -0.2) is 0 Å². The predicted octanol–water partition coefficient (Wildman–Crippen LogP) is 3.62. The highest BCUT2D eigenvalue weighted by Gasteiger charge is 2.47. The van der Waals surface area contributed by atoms with E-state index in [1.54, 1.807) is 48.8 Å². The molecule has 2 unspecified atom stereocenters. The number of ether oxygens (including phenoxy) is 1. The first-order valence-corrected chi connectivity index (χ1v) is 10.0. The SMILES string of the molecule is CC1Cc2cc(C(O)=C3C(=O)C(=O)N(Cc4ccncc4)C3c3ccco3)ccc2O1. The molecule has 2 aliphatic rings. The van der Waals surface area contributed by atoms with Crippen LogP contribution in [-0.4, -0.2) is 32.8 Å². The fourth-order valence-electron chi connectivity index (χ4n) is 4.20. The van der Waals surface area contributed by atoms with Gasteiger partial charge in [0.25, 0.3) is 11.7 Å². The number of pyridine rings is 1. The van der Waals surface area contributed by atoms with Crippen molar-refractivity contribution < 1.29 is 23.8 Å². The molecular weight excluding hydrogens is 396 g/mol. The maximum absolute atomic E-state index is 13.0. The summed E-state index contributed by atoms with van der Waals surface area (Å²) in [5.74, 6) is -0.465. The van der Waals surface area contributed by atoms with Crippen molar-refractivity contribution in [1.29, 1.82) is 0 Å². The van der Waals surface area contributed by atoms with Crippen LogP contribution in [0.3, 0.4) is 0 Å². The number of rotatable bonds is 4. The van der Waals surface area contributed by atoms with Gasteiger partial charge in [0.05, 0.1) is 11.8 Å². The molecular formula is C24H20N2O5. The van der Waals surface area contributed by atoms with Gasteiger partial charge in [0.2, 0.25) is 0 Å². The minimum absolute atomic E-state index is 0.0147. The molecule has 0 aliphatic carbocycles. The number of aromatic nitrogens is 1. The molecule has 3 aromatic rings. The molecule has 1 fully saturated rings. The van der Waals surface area contributed by atoms with Crippen molar-refractivity contribution in [2.75, 3.05) is 0 Å². The van der Waals surface area contributed by atoms with Gasteiger partial charge in [-0.15, -0.1) is 0 Å². The number of carbonyl (C=O) groups is 2. The van der Waals surface area contributed by atoms with E-state index in [0.717, 1.165) is 16.9 Å². The number of hydrogen-bond donors (Lipinski definition) is 1. The molecule has 7 heteroatoms. The van der Waals surface area contributed by atoms with E-state index in [4.69, 9.17) is 9.15 Å². The number of benzene rings is 1. The Morgan fingerprint density at radius 3 is 2.74 bits per heavy atom. The number of hydrogen-bond acceptors (Lipinski definition) is 6. The van der Waals surface area contributed by atoms with Gasteiger partial charge in [0, 0.05) is 30.9 Å². The normalized spacial score (nSPS) is 21.9. The molecule has 2 atom stereocenters. The Bertz CT molecular complexity index is 1180. The first-order chi connectivity index (χ1) is 15.0. The van der Waals surface area contributed by atoms with Crippen molar-refractivity contribution in [2.24, 2.45) is 0 Å². The minimum Gasteiger partial charge on any atom is -0.507 e. The third kappa shape index (κ3) is 3.28. The Morgan fingerprint density at radius 2 is 2.00 bits per heavy atom. The van der Waals surface area contributed by atoms with E-state index in [1.165, 1.54) is 11.2 Å². The zero-order chi connectivity index (χ0) is 21.5. The smallest absolute Gasteiger partial charge is 0.296 e. The van der Waals surface area contributed by atoms with Gasteiger partial charge < -0.3 is 19.2 Å². The van der Waals surface area contributed by atoms with E-state index >= 15 is 0 Å². The predicted molar refractivity (Wildman–Crippen MR) is 111 cm³/mol. The third-order valence-electron chi connectivity index (χ3n) is 5.62. The van der Waals surface area contributed by atoms with Gasteiger partial charge in [-0.1, -0.05) is 0 Å². The molecule has 2 aliphatic heterocycles. The number of aliphatic hydroxyl groups excluding tert-OH is 1. The Labute approximate surface area is 178 Å². The van der Waals surface area contributed by atoms with Crippen molar-refractivity contribution in [3.8, 4) is 5.75 Å². The molecule has 0 bridgehead atoms. The van der Waals surface area contributed by atoms with E-state index in [-0.39, 0.29) is 24.0 Å². The second-order valence-electron chi connectivity index (χ2n) is 7.75. The number of fused-ring (bicyclic) bond motifs is 1. The number of Topliss-reactive ketones (excluding diaryl/α,β-unsaturated/α-hetero) is 1. The number of nitrogens with zero attached hydrogens (tertiary/aromatic N) is 2. The largest absolute Gasteiger partial charge is 0.507 e. The highest BCUT2D eigenvalue weighted by atomic mass is 16.5. The lowest BCUT2D eigenvalue weighted by Gasteiger charge is -2.23. The number of amides is 1. The molecule has 1 saturated heterocycles. The highest BCUT2D eigenvalue weighted by Crippen LogP contribution is 2.41. The summed E-state index contributed by atoms with van der Waals surface area (Å²) in [5.41, 5.74) is 2.25. The molecule has 0 spiro atoms. The van der Waals surface area contributed by atoms with Gasteiger partial charge in [0.15, 0.2) is 0 Å². The fourth-order valence-corrected chi connectivity index (χ4v) is 4.20. The summed E-state index contributed by atoms with van der Waals surface area (Å²) in [5, 5.41) is 11.1.